The van der Waals surface area contributed by atoms with Crippen LogP contribution in [0.4, 0.5) is 17.1 Å². The van der Waals surface area contributed by atoms with E-state index in [1.165, 1.54) is 6.20 Å². The Bertz CT molecular complexity index is 951. The number of thiocarbonyl (C=S) groups is 1. The molecule has 26 heavy (non-hydrogen) atoms. The van der Waals surface area contributed by atoms with Crippen LogP contribution in [-0.4, -0.2) is 25.6 Å². The average molecular weight is 425 g/mol. The summed E-state index contributed by atoms with van der Waals surface area (Å²) in [4.78, 5) is 16.1. The number of aromatic nitrogens is 3. The Kier molecular flexibility index (Phi) is 5.94. The van der Waals surface area contributed by atoms with E-state index in [4.69, 9.17) is 35.4 Å². The van der Waals surface area contributed by atoms with Gasteiger partial charge < -0.3 is 16.0 Å². The molecule has 0 radical (unpaired) electrons. The minimum atomic E-state index is -0.397. The van der Waals surface area contributed by atoms with Gasteiger partial charge in [0, 0.05) is 16.6 Å². The number of hydrogen-bond donors (Lipinski definition) is 3. The maximum absolute atomic E-state index is 12.1. The fourth-order valence-electron chi connectivity index (χ4n) is 1.92. The molecular weight excluding hydrogens is 415 g/mol. The van der Waals surface area contributed by atoms with E-state index in [0.717, 1.165) is 11.5 Å². The summed E-state index contributed by atoms with van der Waals surface area (Å²) in [6.45, 7) is 0. The zero-order valence-corrected chi connectivity index (χ0v) is 16.0. The maximum atomic E-state index is 12.1. The van der Waals surface area contributed by atoms with Crippen molar-refractivity contribution in [3.63, 3.8) is 0 Å². The van der Waals surface area contributed by atoms with Crippen molar-refractivity contribution in [2.45, 2.75) is 0 Å². The zero-order valence-electron chi connectivity index (χ0n) is 12.9. The van der Waals surface area contributed by atoms with Crippen molar-refractivity contribution in [2.75, 3.05) is 16.0 Å². The molecule has 0 aliphatic heterocycles. The van der Waals surface area contributed by atoms with Crippen LogP contribution < -0.4 is 16.0 Å². The molecule has 0 bridgehead atoms. The van der Waals surface area contributed by atoms with Crippen molar-refractivity contribution in [1.82, 2.24) is 14.6 Å². The highest BCUT2D eigenvalue weighted by atomic mass is 35.5. The van der Waals surface area contributed by atoms with E-state index >= 15 is 0 Å². The topological polar surface area (TPSA) is 91.8 Å². The molecule has 0 atom stereocenters. The first-order chi connectivity index (χ1) is 12.5. The van der Waals surface area contributed by atoms with Gasteiger partial charge in [-0.3, -0.25) is 9.78 Å². The third kappa shape index (κ3) is 4.64. The van der Waals surface area contributed by atoms with E-state index < -0.39 is 5.91 Å². The normalized spacial score (nSPS) is 10.2. The number of halogens is 2. The number of nitrogens with zero attached hydrogens (tertiary/aromatic N) is 3. The molecule has 0 aliphatic carbocycles. The van der Waals surface area contributed by atoms with Crippen LogP contribution in [0.15, 0.2) is 42.0 Å². The number of rotatable bonds is 4. The summed E-state index contributed by atoms with van der Waals surface area (Å²) in [5.41, 5.74) is 1.76. The van der Waals surface area contributed by atoms with Crippen LogP contribution in [0.3, 0.4) is 0 Å². The Labute approximate surface area is 167 Å². The minimum Gasteiger partial charge on any atom is -0.331 e. The quantitative estimate of drug-likeness (QED) is 0.537. The molecule has 3 aromatic rings. The standard InChI is InChI=1S/C15H10Cl2N6OS2/c16-8-1-2-9(17)11(5-8)21-15(25)20-10-3-4-18-6-12(10)19-14(24)13-7-26-23-22-13/h1-7H,(H,19,24)(H2,18,20,21,25). The highest BCUT2D eigenvalue weighted by molar-refractivity contribution is 7.80. The molecule has 3 rings (SSSR count). The van der Waals surface area contributed by atoms with Gasteiger partial charge in [0.15, 0.2) is 10.8 Å². The lowest BCUT2D eigenvalue weighted by Crippen LogP contribution is -2.21. The molecule has 2 aromatic heterocycles. The molecule has 11 heteroatoms. The molecule has 7 nitrogen and oxygen atoms in total. The van der Waals surface area contributed by atoms with Gasteiger partial charge in [0.25, 0.3) is 5.91 Å². The SMILES string of the molecule is O=C(Nc1cnccc1NC(=S)Nc1cc(Cl)ccc1Cl)c1csnn1. The van der Waals surface area contributed by atoms with Crippen LogP contribution >= 0.6 is 47.0 Å². The van der Waals surface area contributed by atoms with E-state index in [0.29, 0.717) is 27.1 Å². The summed E-state index contributed by atoms with van der Waals surface area (Å²) < 4.78 is 3.66. The van der Waals surface area contributed by atoms with Crippen molar-refractivity contribution >= 4 is 75.0 Å². The number of carbonyl (C=O) groups is 1. The van der Waals surface area contributed by atoms with Gasteiger partial charge in [0.1, 0.15) is 0 Å². The summed E-state index contributed by atoms with van der Waals surface area (Å²) in [7, 11) is 0. The third-order valence-electron chi connectivity index (χ3n) is 3.09. The number of amides is 1. The number of anilines is 3. The molecule has 0 fully saturated rings. The molecule has 1 amide bonds. The van der Waals surface area contributed by atoms with Crippen molar-refractivity contribution < 1.29 is 4.79 Å². The van der Waals surface area contributed by atoms with E-state index in [-0.39, 0.29) is 10.8 Å². The third-order valence-corrected chi connectivity index (χ3v) is 4.36. The summed E-state index contributed by atoms with van der Waals surface area (Å²) in [5, 5.41) is 15.2. The van der Waals surface area contributed by atoms with Gasteiger partial charge in [-0.15, -0.1) is 5.10 Å². The lowest BCUT2D eigenvalue weighted by atomic mass is 10.3. The summed E-state index contributed by atoms with van der Waals surface area (Å²) >= 11 is 18.5. The fraction of sp³-hybridized carbons (Fsp3) is 0. The molecule has 132 valence electrons. The first-order valence-corrected chi connectivity index (χ1v) is 9.08. The highest BCUT2D eigenvalue weighted by Gasteiger charge is 2.13. The van der Waals surface area contributed by atoms with Crippen LogP contribution in [0.1, 0.15) is 10.5 Å². The van der Waals surface area contributed by atoms with E-state index in [1.54, 1.807) is 35.8 Å². The molecule has 0 saturated carbocycles. The van der Waals surface area contributed by atoms with Crippen molar-refractivity contribution in [2.24, 2.45) is 0 Å². The van der Waals surface area contributed by atoms with Crippen LogP contribution in [0.25, 0.3) is 0 Å². The van der Waals surface area contributed by atoms with Gasteiger partial charge in [-0.1, -0.05) is 27.7 Å². The molecule has 0 aliphatic rings. The number of benzene rings is 1. The highest BCUT2D eigenvalue weighted by Crippen LogP contribution is 2.26. The predicted octanol–water partition coefficient (Wildman–Crippen LogP) is 4.30. The van der Waals surface area contributed by atoms with Gasteiger partial charge in [-0.25, -0.2) is 0 Å². The lowest BCUT2D eigenvalue weighted by Gasteiger charge is -2.15. The monoisotopic (exact) mass is 424 g/mol. The van der Waals surface area contributed by atoms with E-state index in [9.17, 15) is 4.79 Å². The Morgan fingerprint density at radius 3 is 2.65 bits per heavy atom. The van der Waals surface area contributed by atoms with E-state index in [2.05, 4.69) is 30.5 Å². The maximum Gasteiger partial charge on any atom is 0.277 e. The number of hydrogen-bond acceptors (Lipinski definition) is 6. The second-order valence-corrected chi connectivity index (χ2v) is 6.73. The predicted molar refractivity (Wildman–Crippen MR) is 108 cm³/mol. The molecule has 3 N–H and O–H groups in total. The Morgan fingerprint density at radius 2 is 1.88 bits per heavy atom. The van der Waals surface area contributed by atoms with Crippen LogP contribution in [0.5, 0.6) is 0 Å². The smallest absolute Gasteiger partial charge is 0.277 e. The van der Waals surface area contributed by atoms with Gasteiger partial charge in [0.05, 0.1) is 28.3 Å². The molecule has 1 aromatic carbocycles. The van der Waals surface area contributed by atoms with Crippen LogP contribution in [0, 0.1) is 0 Å². The van der Waals surface area contributed by atoms with Crippen molar-refractivity contribution in [1.29, 1.82) is 0 Å². The summed E-state index contributed by atoms with van der Waals surface area (Å²) in [6, 6.07) is 6.66. The minimum absolute atomic E-state index is 0.219. The molecule has 0 saturated heterocycles. The summed E-state index contributed by atoms with van der Waals surface area (Å²) in [5.74, 6) is -0.397. The zero-order chi connectivity index (χ0) is 18.5. The molecule has 0 spiro atoms. The van der Waals surface area contributed by atoms with Gasteiger partial charge >= 0.3 is 0 Å². The number of nitrogens with one attached hydrogen (secondary N) is 3. The Balaban J connectivity index is 1.72. The van der Waals surface area contributed by atoms with Crippen molar-refractivity contribution in [3.8, 4) is 0 Å². The first kappa shape index (κ1) is 18.5. The Morgan fingerprint density at radius 1 is 1.08 bits per heavy atom. The second-order valence-electron chi connectivity index (χ2n) is 4.87. The Hall–Kier alpha value is -2.33. The van der Waals surface area contributed by atoms with Crippen molar-refractivity contribution in [3.05, 3.63) is 57.8 Å². The second kappa shape index (κ2) is 8.37. The number of carbonyl (C=O) groups excluding carboxylic acids is 1. The van der Waals surface area contributed by atoms with Gasteiger partial charge in [-0.05, 0) is 48.0 Å². The summed E-state index contributed by atoms with van der Waals surface area (Å²) in [6.07, 6.45) is 3.06. The molecule has 2 heterocycles. The average Bonchev–Trinajstić information content (AvgIpc) is 3.14. The largest absolute Gasteiger partial charge is 0.331 e. The van der Waals surface area contributed by atoms with Crippen LogP contribution in [0.2, 0.25) is 10.0 Å². The number of pyridine rings is 1. The van der Waals surface area contributed by atoms with Crippen LogP contribution in [-0.2, 0) is 0 Å². The first-order valence-electron chi connectivity index (χ1n) is 7.08. The molecular formula is C15H10Cl2N6OS2. The van der Waals surface area contributed by atoms with E-state index in [1.807, 2.05) is 0 Å². The lowest BCUT2D eigenvalue weighted by molar-refractivity contribution is 0.102. The van der Waals surface area contributed by atoms with Gasteiger partial charge in [0.2, 0.25) is 0 Å². The fourth-order valence-corrected chi connectivity index (χ4v) is 2.92. The molecule has 0 unspecified atom stereocenters. The van der Waals surface area contributed by atoms with Gasteiger partial charge in [-0.2, -0.15) is 0 Å².